The van der Waals surface area contributed by atoms with Gasteiger partial charge in [0, 0.05) is 0 Å². The van der Waals surface area contributed by atoms with Gasteiger partial charge in [-0.3, -0.25) is 0 Å². The van der Waals surface area contributed by atoms with Gasteiger partial charge in [0.15, 0.2) is 0 Å². The number of carbonyl (C=O) groups is 1. The minimum Gasteiger partial charge on any atom is -0.464 e. The maximum atomic E-state index is 10.9. The van der Waals surface area contributed by atoms with Crippen molar-refractivity contribution in [1.82, 2.24) is 9.55 Å². The van der Waals surface area contributed by atoms with E-state index in [4.69, 9.17) is 5.11 Å². The van der Waals surface area contributed by atoms with Crippen molar-refractivity contribution in [3.8, 4) is 0 Å². The fraction of sp³-hybridized carbons (Fsp3) is 0.333. The van der Waals surface area contributed by atoms with E-state index >= 15 is 0 Å². The Balaban J connectivity index is 2.57. The van der Waals surface area contributed by atoms with Crippen molar-refractivity contribution in [1.29, 1.82) is 0 Å². The molecule has 0 spiro atoms. The Bertz CT molecular complexity index is 529. The van der Waals surface area contributed by atoms with Gasteiger partial charge < -0.3 is 5.11 Å². The molecule has 2 rings (SSSR count). The molecule has 4 nitrogen and oxygen atoms in total. The van der Waals surface area contributed by atoms with Gasteiger partial charge in [-0.2, -0.15) is 0 Å². The summed E-state index contributed by atoms with van der Waals surface area (Å²) in [5.74, 6) is 0.528. The number of aromatic nitrogens is 2. The van der Waals surface area contributed by atoms with Crippen LogP contribution in [-0.4, -0.2) is 20.8 Å². The molecule has 0 saturated heterocycles. The quantitative estimate of drug-likeness (QED) is 0.843. The van der Waals surface area contributed by atoms with E-state index in [1.54, 1.807) is 6.07 Å². The lowest BCUT2D eigenvalue weighted by Gasteiger charge is -2.05. The number of hydrogen-bond donors (Lipinski definition) is 1. The van der Waals surface area contributed by atoms with E-state index in [1.165, 1.54) is 6.33 Å². The third-order valence-corrected chi connectivity index (χ3v) is 2.49. The number of benzene rings is 1. The minimum absolute atomic E-state index is 0.528. The molecule has 1 heterocycles. The Hall–Kier alpha value is -1.84. The third-order valence-electron chi connectivity index (χ3n) is 2.49. The Morgan fingerprint density at radius 1 is 1.50 bits per heavy atom. The summed E-state index contributed by atoms with van der Waals surface area (Å²) >= 11 is 0. The summed E-state index contributed by atoms with van der Waals surface area (Å²) in [5.41, 5.74) is 2.55. The topological polar surface area (TPSA) is 55.1 Å². The molecule has 4 heteroatoms. The zero-order valence-corrected chi connectivity index (χ0v) is 9.34. The van der Waals surface area contributed by atoms with Gasteiger partial charge >= 0.3 is 6.09 Å². The first kappa shape index (κ1) is 10.7. The number of imidazole rings is 1. The molecule has 1 aromatic carbocycles. The molecule has 0 aliphatic carbocycles. The second kappa shape index (κ2) is 3.96. The van der Waals surface area contributed by atoms with Crippen molar-refractivity contribution in [3.05, 3.63) is 30.1 Å². The van der Waals surface area contributed by atoms with Gasteiger partial charge in [0.1, 0.15) is 6.33 Å². The molecule has 2 aromatic rings. The Morgan fingerprint density at radius 3 is 2.88 bits per heavy atom. The number of rotatable bonds is 2. The van der Waals surface area contributed by atoms with Crippen LogP contribution in [-0.2, 0) is 6.42 Å². The monoisotopic (exact) mass is 218 g/mol. The van der Waals surface area contributed by atoms with Crippen LogP contribution < -0.4 is 0 Å². The molecule has 0 saturated carbocycles. The predicted molar refractivity (Wildman–Crippen MR) is 61.7 cm³/mol. The standard InChI is InChI=1S/C12H14N2O2/c1-8(2)6-9-4-3-5-10-11(9)13-7-14(10)12(15)16/h3-5,7-8H,6H2,1-2H3,(H,15,16). The van der Waals surface area contributed by atoms with E-state index in [-0.39, 0.29) is 0 Å². The molecule has 16 heavy (non-hydrogen) atoms. The third kappa shape index (κ3) is 1.78. The largest absolute Gasteiger partial charge is 0.464 e. The molecule has 1 aromatic heterocycles. The number of para-hydroxylation sites is 1. The molecule has 0 aliphatic rings. The van der Waals surface area contributed by atoms with Crippen LogP contribution in [0.25, 0.3) is 11.0 Å². The first-order valence-electron chi connectivity index (χ1n) is 5.28. The smallest absolute Gasteiger partial charge is 0.417 e. The molecular weight excluding hydrogens is 204 g/mol. The first-order valence-corrected chi connectivity index (χ1v) is 5.28. The van der Waals surface area contributed by atoms with E-state index in [0.29, 0.717) is 11.4 Å². The highest BCUT2D eigenvalue weighted by molar-refractivity contribution is 5.87. The van der Waals surface area contributed by atoms with E-state index in [0.717, 1.165) is 22.1 Å². The average molecular weight is 218 g/mol. The van der Waals surface area contributed by atoms with Crippen molar-refractivity contribution in [2.75, 3.05) is 0 Å². The average Bonchev–Trinajstić information content (AvgIpc) is 2.61. The Labute approximate surface area is 93.5 Å². The number of fused-ring (bicyclic) bond motifs is 1. The molecule has 0 aliphatic heterocycles. The van der Waals surface area contributed by atoms with Gasteiger partial charge in [0.2, 0.25) is 0 Å². The molecule has 0 fully saturated rings. The van der Waals surface area contributed by atoms with Crippen molar-refractivity contribution in [2.24, 2.45) is 5.92 Å². The normalized spacial score (nSPS) is 11.2. The molecule has 1 N–H and O–H groups in total. The fourth-order valence-corrected chi connectivity index (χ4v) is 1.86. The first-order chi connectivity index (χ1) is 7.59. The highest BCUT2D eigenvalue weighted by Crippen LogP contribution is 2.20. The molecule has 0 amide bonds. The van der Waals surface area contributed by atoms with Crippen molar-refractivity contribution < 1.29 is 9.90 Å². The van der Waals surface area contributed by atoms with Crippen LogP contribution in [0.2, 0.25) is 0 Å². The van der Waals surface area contributed by atoms with Crippen LogP contribution in [0.15, 0.2) is 24.5 Å². The highest BCUT2D eigenvalue weighted by atomic mass is 16.4. The summed E-state index contributed by atoms with van der Waals surface area (Å²) in [4.78, 5) is 15.1. The van der Waals surface area contributed by atoms with Crippen LogP contribution in [0, 0.1) is 5.92 Å². The summed E-state index contributed by atoms with van der Waals surface area (Å²) in [6.07, 6.45) is 1.27. The van der Waals surface area contributed by atoms with Gasteiger partial charge in [0.05, 0.1) is 11.0 Å². The summed E-state index contributed by atoms with van der Waals surface area (Å²) < 4.78 is 1.15. The summed E-state index contributed by atoms with van der Waals surface area (Å²) in [7, 11) is 0. The summed E-state index contributed by atoms with van der Waals surface area (Å²) in [6, 6.07) is 5.66. The van der Waals surface area contributed by atoms with Crippen LogP contribution in [0.3, 0.4) is 0 Å². The molecular formula is C12H14N2O2. The van der Waals surface area contributed by atoms with Gasteiger partial charge in [-0.25, -0.2) is 14.3 Å². The summed E-state index contributed by atoms with van der Waals surface area (Å²) in [6.45, 7) is 4.26. The van der Waals surface area contributed by atoms with Crippen LogP contribution in [0.4, 0.5) is 4.79 Å². The van der Waals surface area contributed by atoms with Crippen molar-refractivity contribution in [3.63, 3.8) is 0 Å². The molecule has 0 atom stereocenters. The van der Waals surface area contributed by atoms with Crippen LogP contribution in [0.1, 0.15) is 19.4 Å². The van der Waals surface area contributed by atoms with E-state index < -0.39 is 6.09 Å². The van der Waals surface area contributed by atoms with Gasteiger partial charge in [-0.05, 0) is 24.0 Å². The van der Waals surface area contributed by atoms with Crippen molar-refractivity contribution in [2.45, 2.75) is 20.3 Å². The molecule has 0 bridgehead atoms. The minimum atomic E-state index is -0.996. The zero-order valence-electron chi connectivity index (χ0n) is 9.34. The van der Waals surface area contributed by atoms with Gasteiger partial charge in [-0.1, -0.05) is 26.0 Å². The van der Waals surface area contributed by atoms with E-state index in [9.17, 15) is 4.79 Å². The second-order valence-electron chi connectivity index (χ2n) is 4.28. The van der Waals surface area contributed by atoms with E-state index in [2.05, 4.69) is 18.8 Å². The molecule has 0 radical (unpaired) electrons. The maximum absolute atomic E-state index is 10.9. The van der Waals surface area contributed by atoms with Gasteiger partial charge in [-0.15, -0.1) is 0 Å². The molecule has 84 valence electrons. The Kier molecular flexibility index (Phi) is 2.64. The van der Waals surface area contributed by atoms with E-state index in [1.807, 2.05) is 12.1 Å². The molecule has 0 unspecified atom stereocenters. The number of nitrogens with zero attached hydrogens (tertiary/aromatic N) is 2. The lowest BCUT2D eigenvalue weighted by molar-refractivity contribution is 0.197. The fourth-order valence-electron chi connectivity index (χ4n) is 1.86. The lowest BCUT2D eigenvalue weighted by atomic mass is 10.0. The zero-order chi connectivity index (χ0) is 11.7. The lowest BCUT2D eigenvalue weighted by Crippen LogP contribution is -2.05. The van der Waals surface area contributed by atoms with Crippen molar-refractivity contribution >= 4 is 17.1 Å². The second-order valence-corrected chi connectivity index (χ2v) is 4.28. The highest BCUT2D eigenvalue weighted by Gasteiger charge is 2.11. The maximum Gasteiger partial charge on any atom is 0.417 e. The summed E-state index contributed by atoms with van der Waals surface area (Å²) in [5, 5.41) is 8.97. The predicted octanol–water partition coefficient (Wildman–Crippen LogP) is 2.76. The number of carboxylic acid groups (broad SMARTS) is 1. The number of hydrogen-bond acceptors (Lipinski definition) is 2. The van der Waals surface area contributed by atoms with Gasteiger partial charge in [0.25, 0.3) is 0 Å². The SMILES string of the molecule is CC(C)Cc1cccc2c1ncn2C(=O)O. The Morgan fingerprint density at radius 2 is 2.25 bits per heavy atom. The van der Waals surface area contributed by atoms with Crippen LogP contribution >= 0.6 is 0 Å². The van der Waals surface area contributed by atoms with Crippen LogP contribution in [0.5, 0.6) is 0 Å².